The molecule has 3 fully saturated rings. The molecular weight excluding hydrogens is 528 g/mol. The topological polar surface area (TPSA) is 88.1 Å². The fraction of sp³-hybridized carbons (Fsp3) is 0.657. The number of rotatable bonds is 5. The van der Waals surface area contributed by atoms with Crippen LogP contribution in [0.25, 0.3) is 0 Å². The van der Waals surface area contributed by atoms with Crippen LogP contribution in [0.4, 0.5) is 0 Å². The molecule has 2 N–H and O–H groups in total. The predicted molar refractivity (Wildman–Crippen MR) is 162 cm³/mol. The zero-order valence-corrected chi connectivity index (χ0v) is 26.2. The molecule has 7 nitrogen and oxygen atoms in total. The normalized spacial score (nSPS) is 42.8. The summed E-state index contributed by atoms with van der Waals surface area (Å²) >= 11 is 0. The fourth-order valence-corrected chi connectivity index (χ4v) is 10.0. The van der Waals surface area contributed by atoms with Crippen LogP contribution in [0, 0.1) is 34.0 Å². The number of nitrogens with one attached hydrogen (secondary N) is 1. The maximum absolute atomic E-state index is 13.2. The van der Waals surface area contributed by atoms with Gasteiger partial charge in [-0.15, -0.1) is 0 Å². The average Bonchev–Trinajstić information content (AvgIpc) is 3.31. The van der Waals surface area contributed by atoms with Gasteiger partial charge in [0.25, 0.3) is 5.91 Å². The number of amides is 1. The second-order valence-electron chi connectivity index (χ2n) is 14.7. The van der Waals surface area contributed by atoms with Crippen LogP contribution in [0.5, 0.6) is 0 Å². The summed E-state index contributed by atoms with van der Waals surface area (Å²) in [7, 11) is 4.24. The quantitative estimate of drug-likeness (QED) is 0.388. The Morgan fingerprint density at radius 3 is 2.50 bits per heavy atom. The summed E-state index contributed by atoms with van der Waals surface area (Å²) in [5.41, 5.74) is 2.71. The number of hydrogen-bond acceptors (Lipinski definition) is 6. The van der Waals surface area contributed by atoms with Crippen LogP contribution >= 0.6 is 0 Å². The second-order valence-corrected chi connectivity index (χ2v) is 14.7. The molecule has 42 heavy (non-hydrogen) atoms. The number of carbonyl (C=O) groups excluding carboxylic acids is 2. The van der Waals surface area contributed by atoms with E-state index in [0.717, 1.165) is 25.7 Å². The van der Waals surface area contributed by atoms with Gasteiger partial charge in [-0.2, -0.15) is 0 Å². The third kappa shape index (κ3) is 4.33. The van der Waals surface area contributed by atoms with Crippen molar-refractivity contribution >= 4 is 11.9 Å². The van der Waals surface area contributed by atoms with E-state index < -0.39 is 17.6 Å². The molecule has 2 saturated carbocycles. The number of hydrogen-bond donors (Lipinski definition) is 2. The van der Waals surface area contributed by atoms with Gasteiger partial charge in [0.1, 0.15) is 6.10 Å². The summed E-state index contributed by atoms with van der Waals surface area (Å²) in [5, 5.41) is 14.7. The maximum atomic E-state index is 13.2. The molecule has 4 aliphatic carbocycles. The monoisotopic (exact) mass is 576 g/mol. The summed E-state index contributed by atoms with van der Waals surface area (Å²) in [5.74, 6) is 0.225. The molecule has 0 radical (unpaired) electrons. The summed E-state index contributed by atoms with van der Waals surface area (Å²) < 4.78 is 12.8. The Bertz CT molecular complexity index is 1310. The average molecular weight is 577 g/mol. The first-order valence-electron chi connectivity index (χ1n) is 15.7. The van der Waals surface area contributed by atoms with Crippen LogP contribution in [0.3, 0.4) is 0 Å². The molecule has 0 bridgehead atoms. The van der Waals surface area contributed by atoms with Crippen LogP contribution in [0.15, 0.2) is 53.6 Å². The minimum atomic E-state index is -0.789. The van der Waals surface area contributed by atoms with E-state index in [4.69, 9.17) is 9.47 Å². The number of carbonyl (C=O) groups is 2. The fourth-order valence-electron chi connectivity index (χ4n) is 10.0. The zero-order valence-electron chi connectivity index (χ0n) is 26.2. The van der Waals surface area contributed by atoms with E-state index in [9.17, 15) is 14.7 Å². The number of fused-ring (bicyclic) bond motifs is 3. The second kappa shape index (κ2) is 10.3. The van der Waals surface area contributed by atoms with Gasteiger partial charge < -0.3 is 24.8 Å². The molecule has 0 spiro atoms. The Morgan fingerprint density at radius 2 is 1.83 bits per heavy atom. The number of nitrogens with zero attached hydrogens (tertiary/aromatic N) is 1. The number of aliphatic hydroxyl groups is 1. The van der Waals surface area contributed by atoms with Gasteiger partial charge in [0.05, 0.1) is 24.9 Å². The minimum absolute atomic E-state index is 0.00236. The number of ether oxygens (including phenoxy) is 2. The lowest BCUT2D eigenvalue weighted by Gasteiger charge is -2.54. The summed E-state index contributed by atoms with van der Waals surface area (Å²) in [6, 6.07) is 9.02. The van der Waals surface area contributed by atoms with Gasteiger partial charge in [0.2, 0.25) is 0 Å². The SMILES string of the molecule is CC(=O)O[C@@H]1C[C@@]2(C)[C@@H]3C[C@@H]4OC[C@]5(C)[C@@H](NC(=O)c6ccccc6)[C@H](O)C=C(CC3=CC[C@]2(C)[C@H]1[C@H](C)N(C)C)[C@@H]45. The standard InChI is InChI=1S/C35H48N2O5/c1-20(37(6)7)29-28(42-21(2)38)18-35(5)25-17-27-30-24(15-23(25)13-14-34(29,35)4)16-26(39)31(33(30,3)19-41-27)36-32(40)22-11-9-8-10-12-22/h8-13,16,20,25-31,39H,14-15,17-19H2,1-7H3,(H,36,40)/t20-,25+,26+,27-,28+,29-,30-,31-,33-,34+,35-/m0/s1. The van der Waals surface area contributed by atoms with E-state index in [1.165, 1.54) is 18.1 Å². The lowest BCUT2D eigenvalue weighted by molar-refractivity contribution is -0.150. The van der Waals surface area contributed by atoms with Crippen molar-refractivity contribution in [2.24, 2.45) is 34.0 Å². The van der Waals surface area contributed by atoms with E-state index in [2.05, 4.69) is 58.1 Å². The molecule has 0 aromatic heterocycles. The van der Waals surface area contributed by atoms with Gasteiger partial charge in [0, 0.05) is 35.8 Å². The van der Waals surface area contributed by atoms with Crippen molar-refractivity contribution in [1.82, 2.24) is 10.2 Å². The molecule has 1 aliphatic heterocycles. The molecule has 11 atom stereocenters. The van der Waals surface area contributed by atoms with Crippen molar-refractivity contribution in [2.75, 3.05) is 20.7 Å². The van der Waals surface area contributed by atoms with E-state index in [1.807, 2.05) is 24.3 Å². The third-order valence-corrected chi connectivity index (χ3v) is 12.4. The Balaban J connectivity index is 1.34. The number of allylic oxidation sites excluding steroid dienone is 2. The number of aliphatic hydroxyl groups excluding tert-OH is 1. The van der Waals surface area contributed by atoms with Crippen molar-refractivity contribution < 1.29 is 24.2 Å². The molecule has 6 rings (SSSR count). The lowest BCUT2D eigenvalue weighted by atomic mass is 9.51. The maximum Gasteiger partial charge on any atom is 0.302 e. The van der Waals surface area contributed by atoms with Crippen molar-refractivity contribution in [1.29, 1.82) is 0 Å². The van der Waals surface area contributed by atoms with Crippen molar-refractivity contribution in [3.63, 3.8) is 0 Å². The summed E-state index contributed by atoms with van der Waals surface area (Å²) in [4.78, 5) is 27.8. The largest absolute Gasteiger partial charge is 0.462 e. The summed E-state index contributed by atoms with van der Waals surface area (Å²) in [6.07, 6.45) is 7.03. The smallest absolute Gasteiger partial charge is 0.302 e. The van der Waals surface area contributed by atoms with Crippen LogP contribution in [0.1, 0.15) is 70.7 Å². The molecule has 1 aromatic carbocycles. The van der Waals surface area contributed by atoms with Gasteiger partial charge in [-0.1, -0.05) is 62.3 Å². The van der Waals surface area contributed by atoms with Crippen LogP contribution in [-0.4, -0.2) is 73.0 Å². The molecule has 1 aromatic rings. The molecule has 1 amide bonds. The van der Waals surface area contributed by atoms with Crippen molar-refractivity contribution in [3.8, 4) is 0 Å². The Hall–Kier alpha value is -2.48. The van der Waals surface area contributed by atoms with Gasteiger partial charge in [-0.05, 0) is 75.6 Å². The molecule has 0 unspecified atom stereocenters. The van der Waals surface area contributed by atoms with E-state index in [-0.39, 0.29) is 58.7 Å². The minimum Gasteiger partial charge on any atom is -0.462 e. The van der Waals surface area contributed by atoms with Crippen LogP contribution in [-0.2, 0) is 14.3 Å². The molecule has 7 heteroatoms. The van der Waals surface area contributed by atoms with Gasteiger partial charge in [0.15, 0.2) is 0 Å². The third-order valence-electron chi connectivity index (χ3n) is 12.4. The van der Waals surface area contributed by atoms with E-state index >= 15 is 0 Å². The number of esters is 1. The van der Waals surface area contributed by atoms with Crippen LogP contribution in [0.2, 0.25) is 0 Å². The van der Waals surface area contributed by atoms with E-state index in [0.29, 0.717) is 12.2 Å². The Morgan fingerprint density at radius 1 is 1.12 bits per heavy atom. The molecule has 1 heterocycles. The first kappa shape index (κ1) is 29.6. The summed E-state index contributed by atoms with van der Waals surface area (Å²) in [6.45, 7) is 11.3. The zero-order chi connectivity index (χ0) is 30.2. The van der Waals surface area contributed by atoms with Crippen LogP contribution < -0.4 is 5.32 Å². The highest BCUT2D eigenvalue weighted by Crippen LogP contribution is 2.69. The highest BCUT2D eigenvalue weighted by Gasteiger charge is 2.67. The molecule has 1 saturated heterocycles. The predicted octanol–water partition coefficient (Wildman–Crippen LogP) is 4.76. The number of benzene rings is 1. The first-order chi connectivity index (χ1) is 19.8. The lowest BCUT2D eigenvalue weighted by Crippen LogP contribution is -2.58. The van der Waals surface area contributed by atoms with Crippen molar-refractivity contribution in [2.45, 2.75) is 90.7 Å². The highest BCUT2D eigenvalue weighted by atomic mass is 16.5. The Kier molecular flexibility index (Phi) is 7.26. The van der Waals surface area contributed by atoms with Gasteiger partial charge >= 0.3 is 5.97 Å². The van der Waals surface area contributed by atoms with E-state index in [1.54, 1.807) is 12.1 Å². The molecule has 228 valence electrons. The first-order valence-corrected chi connectivity index (χ1v) is 15.7. The highest BCUT2D eigenvalue weighted by molar-refractivity contribution is 5.94. The van der Waals surface area contributed by atoms with Crippen molar-refractivity contribution in [3.05, 3.63) is 59.2 Å². The molecular formula is C35H48N2O5. The molecule has 5 aliphatic rings. The van der Waals surface area contributed by atoms with Gasteiger partial charge in [-0.25, -0.2) is 0 Å². The van der Waals surface area contributed by atoms with Gasteiger partial charge in [-0.3, -0.25) is 9.59 Å². The Labute approximate surface area is 250 Å².